The molecule has 2 nitrogen and oxygen atoms in total. The van der Waals surface area contributed by atoms with E-state index in [2.05, 4.69) is 16.0 Å². The van der Waals surface area contributed by atoms with Crippen molar-refractivity contribution < 1.29 is 0 Å². The van der Waals surface area contributed by atoms with Gasteiger partial charge in [0.2, 0.25) is 0 Å². The van der Waals surface area contributed by atoms with Crippen LogP contribution in [-0.2, 0) is 12.8 Å². The quantitative estimate of drug-likeness (QED) is 0.826. The van der Waals surface area contributed by atoms with Gasteiger partial charge in [-0.3, -0.25) is 0 Å². The number of rotatable bonds is 1. The number of halogens is 2. The summed E-state index contributed by atoms with van der Waals surface area (Å²) in [5, 5.41) is 2.69. The lowest BCUT2D eigenvalue weighted by atomic mass is 9.90. The molecule has 1 aromatic carbocycles. The molecule has 1 aliphatic carbocycles. The van der Waals surface area contributed by atoms with Gasteiger partial charge in [-0.05, 0) is 62.9 Å². The molecule has 106 valence electrons. The summed E-state index contributed by atoms with van der Waals surface area (Å²) in [6, 6.07) is 4.58. The number of likely N-dealkylation sites (tertiary alicyclic amines) is 1. The first-order chi connectivity index (χ1) is 9.72. The highest BCUT2D eigenvalue weighted by atomic mass is 35.5. The summed E-state index contributed by atoms with van der Waals surface area (Å²) in [5.74, 6) is 0. The van der Waals surface area contributed by atoms with Crippen molar-refractivity contribution in [1.82, 2.24) is 9.88 Å². The highest BCUT2D eigenvalue weighted by Crippen LogP contribution is 2.36. The van der Waals surface area contributed by atoms with E-state index < -0.39 is 0 Å². The average molecular weight is 309 g/mol. The Bertz CT molecular complexity index is 656. The van der Waals surface area contributed by atoms with Crippen LogP contribution in [0, 0.1) is 0 Å². The second kappa shape index (κ2) is 4.94. The lowest BCUT2D eigenvalue weighted by Gasteiger charge is -2.31. The van der Waals surface area contributed by atoms with Gasteiger partial charge >= 0.3 is 0 Å². The zero-order valence-electron chi connectivity index (χ0n) is 11.4. The van der Waals surface area contributed by atoms with Gasteiger partial charge in [0.25, 0.3) is 0 Å². The molecular formula is C16H18Cl2N2. The van der Waals surface area contributed by atoms with Crippen LogP contribution in [0.2, 0.25) is 10.0 Å². The number of H-pyrrole nitrogens is 1. The fraction of sp³-hybridized carbons (Fsp3) is 0.500. The lowest BCUT2D eigenvalue weighted by molar-refractivity contribution is 0.222. The Morgan fingerprint density at radius 2 is 1.95 bits per heavy atom. The highest BCUT2D eigenvalue weighted by molar-refractivity contribution is 6.38. The predicted molar refractivity (Wildman–Crippen MR) is 84.9 cm³/mol. The van der Waals surface area contributed by atoms with Gasteiger partial charge in [-0.1, -0.05) is 23.2 Å². The summed E-state index contributed by atoms with van der Waals surface area (Å²) < 4.78 is 0. The highest BCUT2D eigenvalue weighted by Gasteiger charge is 2.28. The van der Waals surface area contributed by atoms with Crippen LogP contribution in [0.4, 0.5) is 0 Å². The number of aryl methyl sites for hydroxylation is 1. The van der Waals surface area contributed by atoms with E-state index in [1.807, 2.05) is 6.07 Å². The van der Waals surface area contributed by atoms with Crippen LogP contribution >= 0.6 is 23.2 Å². The molecule has 20 heavy (non-hydrogen) atoms. The maximum absolute atomic E-state index is 6.32. The first-order valence-electron chi connectivity index (χ1n) is 7.45. The molecule has 1 N–H and O–H groups in total. The van der Waals surface area contributed by atoms with Crippen molar-refractivity contribution >= 4 is 34.1 Å². The van der Waals surface area contributed by atoms with E-state index in [9.17, 15) is 0 Å². The summed E-state index contributed by atoms with van der Waals surface area (Å²) in [4.78, 5) is 6.17. The van der Waals surface area contributed by atoms with Crippen LogP contribution in [0.25, 0.3) is 10.9 Å². The van der Waals surface area contributed by atoms with Crippen molar-refractivity contribution in [3.8, 4) is 0 Å². The van der Waals surface area contributed by atoms with Gasteiger partial charge in [0, 0.05) is 22.1 Å². The number of benzene rings is 1. The van der Waals surface area contributed by atoms with E-state index in [0.717, 1.165) is 28.4 Å². The molecule has 0 saturated carbocycles. The third-order valence-electron chi connectivity index (χ3n) is 4.84. The number of nitrogens with one attached hydrogen (secondary N) is 1. The fourth-order valence-electron chi connectivity index (χ4n) is 3.84. The zero-order valence-corrected chi connectivity index (χ0v) is 12.9. The Labute approximate surface area is 129 Å². The Balaban J connectivity index is 1.76. The molecule has 0 amide bonds. The number of aromatic amines is 1. The molecule has 0 spiro atoms. The minimum Gasteiger partial charge on any atom is -0.357 e. The topological polar surface area (TPSA) is 19.0 Å². The van der Waals surface area contributed by atoms with Crippen molar-refractivity contribution in [3.63, 3.8) is 0 Å². The molecule has 1 fully saturated rings. The van der Waals surface area contributed by atoms with Crippen LogP contribution in [-0.4, -0.2) is 29.0 Å². The summed E-state index contributed by atoms with van der Waals surface area (Å²) in [6.07, 6.45) is 6.22. The van der Waals surface area contributed by atoms with Crippen molar-refractivity contribution in [1.29, 1.82) is 0 Å². The molecule has 0 radical (unpaired) electrons. The van der Waals surface area contributed by atoms with E-state index in [-0.39, 0.29) is 0 Å². The first kappa shape index (κ1) is 13.0. The third kappa shape index (κ3) is 2.05. The zero-order chi connectivity index (χ0) is 13.7. The second-order valence-electron chi connectivity index (χ2n) is 6.03. The molecule has 0 bridgehead atoms. The maximum atomic E-state index is 6.32. The van der Waals surface area contributed by atoms with Crippen LogP contribution in [0.5, 0.6) is 0 Å². The van der Waals surface area contributed by atoms with Crippen molar-refractivity contribution in [2.24, 2.45) is 0 Å². The summed E-state index contributed by atoms with van der Waals surface area (Å²) in [6.45, 7) is 2.54. The van der Waals surface area contributed by atoms with Gasteiger partial charge in [0.05, 0.1) is 10.5 Å². The normalized spacial score (nSPS) is 23.4. The molecule has 2 heterocycles. The number of hydrogen-bond acceptors (Lipinski definition) is 1. The minimum absolute atomic E-state index is 0.696. The Morgan fingerprint density at radius 1 is 1.15 bits per heavy atom. The van der Waals surface area contributed by atoms with E-state index in [1.54, 1.807) is 0 Å². The predicted octanol–water partition coefficient (Wildman–Crippen LogP) is 4.43. The SMILES string of the molecule is Clc1cc(Cl)c2[nH]c3c(c2c1)CC(N1CCCC1)CC3. The summed E-state index contributed by atoms with van der Waals surface area (Å²) >= 11 is 12.5. The lowest BCUT2D eigenvalue weighted by Crippen LogP contribution is -2.37. The number of nitrogens with zero attached hydrogens (tertiary/aromatic N) is 1. The van der Waals surface area contributed by atoms with Crippen molar-refractivity contribution in [2.75, 3.05) is 13.1 Å². The maximum Gasteiger partial charge on any atom is 0.0662 e. The summed E-state index contributed by atoms with van der Waals surface area (Å²) in [5.41, 5.74) is 3.86. The fourth-order valence-corrected chi connectivity index (χ4v) is 4.38. The second-order valence-corrected chi connectivity index (χ2v) is 6.88. The molecule has 1 aliphatic heterocycles. The summed E-state index contributed by atoms with van der Waals surface area (Å²) in [7, 11) is 0. The molecule has 1 aromatic heterocycles. The Morgan fingerprint density at radius 3 is 2.75 bits per heavy atom. The molecule has 4 rings (SSSR count). The smallest absolute Gasteiger partial charge is 0.0662 e. The van der Waals surface area contributed by atoms with E-state index in [1.165, 1.54) is 49.0 Å². The minimum atomic E-state index is 0.696. The Kier molecular flexibility index (Phi) is 3.21. The van der Waals surface area contributed by atoms with Crippen LogP contribution < -0.4 is 0 Å². The molecule has 4 heteroatoms. The third-order valence-corrected chi connectivity index (χ3v) is 5.36. The average Bonchev–Trinajstić information content (AvgIpc) is 3.05. The van der Waals surface area contributed by atoms with E-state index in [4.69, 9.17) is 23.2 Å². The number of fused-ring (bicyclic) bond motifs is 3. The molecule has 1 unspecified atom stereocenters. The van der Waals surface area contributed by atoms with Gasteiger partial charge in [-0.25, -0.2) is 0 Å². The van der Waals surface area contributed by atoms with E-state index in [0.29, 0.717) is 6.04 Å². The van der Waals surface area contributed by atoms with Gasteiger partial charge in [-0.15, -0.1) is 0 Å². The molecule has 1 atom stereocenters. The van der Waals surface area contributed by atoms with Crippen LogP contribution in [0.1, 0.15) is 30.5 Å². The number of aromatic nitrogens is 1. The molecule has 1 saturated heterocycles. The molecule has 2 aliphatic rings. The van der Waals surface area contributed by atoms with Crippen LogP contribution in [0.15, 0.2) is 12.1 Å². The monoisotopic (exact) mass is 308 g/mol. The van der Waals surface area contributed by atoms with Gasteiger partial charge in [0.1, 0.15) is 0 Å². The van der Waals surface area contributed by atoms with Gasteiger partial charge in [0.15, 0.2) is 0 Å². The van der Waals surface area contributed by atoms with Crippen molar-refractivity contribution in [2.45, 2.75) is 38.1 Å². The van der Waals surface area contributed by atoms with Gasteiger partial charge in [-0.2, -0.15) is 0 Å². The van der Waals surface area contributed by atoms with Crippen molar-refractivity contribution in [3.05, 3.63) is 33.4 Å². The number of hydrogen-bond donors (Lipinski definition) is 1. The molecular weight excluding hydrogens is 291 g/mol. The standard InChI is InChI=1S/C16H18Cl2N2/c17-10-7-13-12-9-11(20-5-1-2-6-20)3-4-15(12)19-16(13)14(18)8-10/h7-8,11,19H,1-6,9H2. The van der Waals surface area contributed by atoms with E-state index >= 15 is 0 Å². The molecule has 2 aromatic rings. The van der Waals surface area contributed by atoms with Gasteiger partial charge < -0.3 is 9.88 Å². The Hall–Kier alpha value is -0.700. The largest absolute Gasteiger partial charge is 0.357 e. The van der Waals surface area contributed by atoms with Crippen LogP contribution in [0.3, 0.4) is 0 Å². The first-order valence-corrected chi connectivity index (χ1v) is 8.20.